The molecule has 2 rings (SSSR count). The predicted molar refractivity (Wildman–Crippen MR) is 61.5 cm³/mol. The molecule has 2 aromatic heterocycles. The Balaban J connectivity index is 1.94. The number of pyridine rings is 1. The summed E-state index contributed by atoms with van der Waals surface area (Å²) in [7, 11) is 0. The van der Waals surface area contributed by atoms with Crippen molar-refractivity contribution in [2.24, 2.45) is 0 Å². The van der Waals surface area contributed by atoms with E-state index in [-0.39, 0.29) is 0 Å². The summed E-state index contributed by atoms with van der Waals surface area (Å²) in [4.78, 5) is 3.93. The summed E-state index contributed by atoms with van der Waals surface area (Å²) in [6.45, 7) is 3.40. The summed E-state index contributed by atoms with van der Waals surface area (Å²) in [6, 6.07) is 3.49. The summed E-state index contributed by atoms with van der Waals surface area (Å²) in [6.07, 6.45) is 5.36. The van der Waals surface area contributed by atoms with Crippen LogP contribution in [0, 0.1) is 0 Å². The van der Waals surface area contributed by atoms with Gasteiger partial charge < -0.3 is 4.74 Å². The van der Waals surface area contributed by atoms with Gasteiger partial charge in [0.25, 0.3) is 0 Å². The van der Waals surface area contributed by atoms with Crippen LogP contribution in [0.25, 0.3) is 0 Å². The SMILES string of the molecule is CCn1cc(COc2ccc(Cl)nc2)cn1. The van der Waals surface area contributed by atoms with Gasteiger partial charge in [-0.05, 0) is 19.1 Å². The average Bonchev–Trinajstić information content (AvgIpc) is 2.76. The van der Waals surface area contributed by atoms with Gasteiger partial charge in [0, 0.05) is 18.3 Å². The second kappa shape index (κ2) is 4.99. The molecule has 0 saturated heterocycles. The predicted octanol–water partition coefficient (Wildman–Crippen LogP) is 2.53. The average molecular weight is 238 g/mol. The zero-order valence-corrected chi connectivity index (χ0v) is 9.68. The number of aromatic nitrogens is 3. The highest BCUT2D eigenvalue weighted by Gasteiger charge is 1.99. The van der Waals surface area contributed by atoms with Crippen LogP contribution in [0.2, 0.25) is 5.15 Å². The van der Waals surface area contributed by atoms with E-state index in [2.05, 4.69) is 10.1 Å². The summed E-state index contributed by atoms with van der Waals surface area (Å²) in [5.41, 5.74) is 1.04. The Hall–Kier alpha value is -1.55. The molecule has 0 bridgehead atoms. The highest BCUT2D eigenvalue weighted by atomic mass is 35.5. The van der Waals surface area contributed by atoms with Crippen molar-refractivity contribution >= 4 is 11.6 Å². The van der Waals surface area contributed by atoms with Crippen molar-refractivity contribution in [2.75, 3.05) is 0 Å². The minimum absolute atomic E-state index is 0.464. The molecule has 2 heterocycles. The standard InChI is InChI=1S/C11H12ClN3O/c1-2-15-7-9(5-14-15)8-16-10-3-4-11(12)13-6-10/h3-7H,2,8H2,1H3. The lowest BCUT2D eigenvalue weighted by Gasteiger charge is -2.03. The summed E-state index contributed by atoms with van der Waals surface area (Å²) in [5.74, 6) is 0.702. The fraction of sp³-hybridized carbons (Fsp3) is 0.273. The van der Waals surface area contributed by atoms with E-state index >= 15 is 0 Å². The van der Waals surface area contributed by atoms with Gasteiger partial charge in [0.15, 0.2) is 0 Å². The maximum atomic E-state index is 5.67. The quantitative estimate of drug-likeness (QED) is 0.768. The summed E-state index contributed by atoms with van der Waals surface area (Å²) in [5, 5.41) is 4.63. The highest BCUT2D eigenvalue weighted by Crippen LogP contribution is 2.13. The Morgan fingerprint density at radius 3 is 2.88 bits per heavy atom. The van der Waals surface area contributed by atoms with Gasteiger partial charge >= 0.3 is 0 Å². The van der Waals surface area contributed by atoms with Crippen LogP contribution in [0.1, 0.15) is 12.5 Å². The highest BCUT2D eigenvalue weighted by molar-refractivity contribution is 6.29. The van der Waals surface area contributed by atoms with Crippen LogP contribution in [0.15, 0.2) is 30.7 Å². The minimum Gasteiger partial charge on any atom is -0.487 e. The molecule has 84 valence electrons. The second-order valence-electron chi connectivity index (χ2n) is 3.31. The number of rotatable bonds is 4. The molecule has 2 aromatic rings. The van der Waals surface area contributed by atoms with Gasteiger partial charge in [-0.3, -0.25) is 4.68 Å². The number of halogens is 1. The number of aryl methyl sites for hydroxylation is 1. The van der Waals surface area contributed by atoms with E-state index in [9.17, 15) is 0 Å². The normalized spacial score (nSPS) is 10.4. The Morgan fingerprint density at radius 2 is 2.25 bits per heavy atom. The largest absolute Gasteiger partial charge is 0.487 e. The molecule has 0 atom stereocenters. The molecule has 0 N–H and O–H groups in total. The molecule has 0 unspecified atom stereocenters. The van der Waals surface area contributed by atoms with E-state index in [1.807, 2.05) is 17.8 Å². The van der Waals surface area contributed by atoms with Gasteiger partial charge in [-0.25, -0.2) is 4.98 Å². The van der Waals surface area contributed by atoms with Crippen molar-refractivity contribution in [3.05, 3.63) is 41.4 Å². The van der Waals surface area contributed by atoms with Crippen LogP contribution in [-0.2, 0) is 13.2 Å². The van der Waals surface area contributed by atoms with Crippen molar-refractivity contribution in [1.29, 1.82) is 0 Å². The molecule has 0 radical (unpaired) electrons. The molecule has 16 heavy (non-hydrogen) atoms. The summed E-state index contributed by atoms with van der Waals surface area (Å²) >= 11 is 5.67. The van der Waals surface area contributed by atoms with Crippen LogP contribution < -0.4 is 4.74 Å². The van der Waals surface area contributed by atoms with Gasteiger partial charge in [-0.1, -0.05) is 11.6 Å². The number of hydrogen-bond acceptors (Lipinski definition) is 3. The molecule has 0 aromatic carbocycles. The molecule has 0 aliphatic carbocycles. The Morgan fingerprint density at radius 1 is 1.38 bits per heavy atom. The lowest BCUT2D eigenvalue weighted by Crippen LogP contribution is -1.95. The third-order valence-corrected chi connectivity index (χ3v) is 2.34. The van der Waals surface area contributed by atoms with E-state index in [4.69, 9.17) is 16.3 Å². The van der Waals surface area contributed by atoms with Crippen LogP contribution in [-0.4, -0.2) is 14.8 Å². The minimum atomic E-state index is 0.464. The van der Waals surface area contributed by atoms with Gasteiger partial charge in [-0.2, -0.15) is 5.10 Å². The van der Waals surface area contributed by atoms with Crippen molar-refractivity contribution in [2.45, 2.75) is 20.1 Å². The van der Waals surface area contributed by atoms with Crippen LogP contribution in [0.3, 0.4) is 0 Å². The van der Waals surface area contributed by atoms with Crippen molar-refractivity contribution in [3.63, 3.8) is 0 Å². The zero-order valence-electron chi connectivity index (χ0n) is 8.93. The van der Waals surface area contributed by atoms with Crippen molar-refractivity contribution in [3.8, 4) is 5.75 Å². The van der Waals surface area contributed by atoms with E-state index in [1.165, 1.54) is 0 Å². The lowest BCUT2D eigenvalue weighted by atomic mass is 10.4. The molecule has 0 fully saturated rings. The molecule has 0 aliphatic rings. The smallest absolute Gasteiger partial charge is 0.138 e. The molecule has 0 spiro atoms. The molecular formula is C11H12ClN3O. The van der Waals surface area contributed by atoms with Crippen molar-refractivity contribution in [1.82, 2.24) is 14.8 Å². The third kappa shape index (κ3) is 2.73. The monoisotopic (exact) mass is 237 g/mol. The molecule has 0 amide bonds. The maximum absolute atomic E-state index is 5.67. The van der Waals surface area contributed by atoms with Gasteiger partial charge in [0.2, 0.25) is 0 Å². The zero-order chi connectivity index (χ0) is 11.4. The fourth-order valence-electron chi connectivity index (χ4n) is 1.27. The van der Waals surface area contributed by atoms with Gasteiger partial charge in [0.1, 0.15) is 17.5 Å². The lowest BCUT2D eigenvalue weighted by molar-refractivity contribution is 0.305. The molecular weight excluding hydrogens is 226 g/mol. The van der Waals surface area contributed by atoms with Gasteiger partial charge in [-0.15, -0.1) is 0 Å². The van der Waals surface area contributed by atoms with Crippen LogP contribution in [0.4, 0.5) is 0 Å². The third-order valence-electron chi connectivity index (χ3n) is 2.12. The van der Waals surface area contributed by atoms with Gasteiger partial charge in [0.05, 0.1) is 12.4 Å². The van der Waals surface area contributed by atoms with E-state index in [0.29, 0.717) is 17.5 Å². The van der Waals surface area contributed by atoms with E-state index in [0.717, 1.165) is 12.1 Å². The fourth-order valence-corrected chi connectivity index (χ4v) is 1.38. The van der Waals surface area contributed by atoms with E-state index < -0.39 is 0 Å². The van der Waals surface area contributed by atoms with Crippen molar-refractivity contribution < 1.29 is 4.74 Å². The Kier molecular flexibility index (Phi) is 3.41. The first-order chi connectivity index (χ1) is 7.78. The second-order valence-corrected chi connectivity index (χ2v) is 3.70. The maximum Gasteiger partial charge on any atom is 0.138 e. The number of nitrogens with zero attached hydrogens (tertiary/aromatic N) is 3. The molecule has 0 aliphatic heterocycles. The molecule has 4 nitrogen and oxygen atoms in total. The first-order valence-electron chi connectivity index (χ1n) is 5.03. The molecule has 0 saturated carbocycles. The van der Waals surface area contributed by atoms with Crippen LogP contribution >= 0.6 is 11.6 Å². The first kappa shape index (κ1) is 11.0. The number of hydrogen-bond donors (Lipinski definition) is 0. The van der Waals surface area contributed by atoms with Crippen LogP contribution in [0.5, 0.6) is 5.75 Å². The number of ether oxygens (including phenoxy) is 1. The Bertz CT molecular complexity index is 453. The topological polar surface area (TPSA) is 39.9 Å². The Labute approximate surface area is 98.8 Å². The van der Waals surface area contributed by atoms with E-state index in [1.54, 1.807) is 24.5 Å². The molecule has 5 heteroatoms. The first-order valence-corrected chi connectivity index (χ1v) is 5.41. The summed E-state index contributed by atoms with van der Waals surface area (Å²) < 4.78 is 7.39.